The molecule has 2 heterocycles. The summed E-state index contributed by atoms with van der Waals surface area (Å²) in [5.41, 5.74) is 15.3. The van der Waals surface area contributed by atoms with Gasteiger partial charge in [-0.05, 0) is 44.2 Å². The first-order valence-electron chi connectivity index (χ1n) is 15.0. The maximum atomic E-state index is 13.2. The van der Waals surface area contributed by atoms with Gasteiger partial charge < -0.3 is 50.4 Å². The van der Waals surface area contributed by atoms with Gasteiger partial charge in [-0.1, -0.05) is 24.3 Å². The van der Waals surface area contributed by atoms with E-state index in [1.54, 1.807) is 34.1 Å². The quantitative estimate of drug-likeness (QED) is 0.139. The lowest BCUT2D eigenvalue weighted by atomic mass is 10.1. The third-order valence-corrected chi connectivity index (χ3v) is 8.10. The Morgan fingerprint density at radius 3 is 1.49 bits per heavy atom. The summed E-state index contributed by atoms with van der Waals surface area (Å²) in [7, 11) is 2.99. The second kappa shape index (κ2) is 15.0. The normalized spacial score (nSPS) is 18.0. The minimum Gasteiger partial charge on any atom is -0.493 e. The van der Waals surface area contributed by atoms with Crippen LogP contribution in [-0.4, -0.2) is 97.6 Å². The molecule has 2 saturated heterocycles. The number of aliphatic hydroxyl groups excluding tert-OH is 2. The summed E-state index contributed by atoms with van der Waals surface area (Å²) in [6.45, 7) is 9.13. The molecule has 0 radical (unpaired) electrons. The summed E-state index contributed by atoms with van der Waals surface area (Å²) >= 11 is 0. The Kier molecular flexibility index (Phi) is 11.2. The van der Waals surface area contributed by atoms with Gasteiger partial charge in [0.2, 0.25) is 0 Å². The highest BCUT2D eigenvalue weighted by Gasteiger charge is 2.33. The van der Waals surface area contributed by atoms with Crippen LogP contribution in [0.25, 0.3) is 0 Å². The number of methoxy groups -OCH3 is 2. The molecule has 0 saturated carbocycles. The van der Waals surface area contributed by atoms with Gasteiger partial charge in [0.15, 0.2) is 23.0 Å². The Morgan fingerprint density at radius 1 is 0.733 bits per heavy atom. The third-order valence-electron chi connectivity index (χ3n) is 8.10. The molecule has 12 nitrogen and oxygen atoms in total. The van der Waals surface area contributed by atoms with Crippen LogP contribution in [0.5, 0.6) is 23.0 Å². The van der Waals surface area contributed by atoms with Crippen molar-refractivity contribution in [2.45, 2.75) is 44.2 Å². The molecule has 45 heavy (non-hydrogen) atoms. The molecule has 2 aliphatic rings. The number of amides is 2. The summed E-state index contributed by atoms with van der Waals surface area (Å²) < 4.78 is 22.8. The standard InChI is InChI=1S/C33H44N4O8/c1-20-10-22(18-38)36(16-20)32(40)24-12-28(42-3)30(14-26(24)34)44-8-6-5-7-9-45-31-15-27(35)25(13-29(31)43-4)33(41)37-17-21(2)11-23(37)19-39/h12-15,22-23,38-39H,1-2,5-11,16-19,34-35H2,3-4H3/t22-,23-/m0/s1. The first kappa shape index (κ1) is 33.5. The van der Waals surface area contributed by atoms with Gasteiger partial charge in [-0.3, -0.25) is 9.59 Å². The SMILES string of the molecule is C=C1C[C@@H](CO)N(C(=O)c2cc(OC)c(OCCCCCOc3cc(N)c(C(=O)N4CC(=C)C[C@H]4CO)cc3OC)cc2N)C1. The van der Waals surface area contributed by atoms with Gasteiger partial charge in [-0.25, -0.2) is 0 Å². The average Bonchev–Trinajstić information content (AvgIpc) is 3.61. The topological polar surface area (TPSA) is 170 Å². The molecule has 0 aliphatic carbocycles. The van der Waals surface area contributed by atoms with Crippen LogP contribution in [-0.2, 0) is 0 Å². The predicted octanol–water partition coefficient (Wildman–Crippen LogP) is 3.02. The van der Waals surface area contributed by atoms with E-state index in [-0.39, 0.29) is 59.6 Å². The molecule has 2 atom stereocenters. The maximum Gasteiger partial charge on any atom is 0.256 e. The van der Waals surface area contributed by atoms with E-state index in [1.807, 2.05) is 0 Å². The summed E-state index contributed by atoms with van der Waals surface area (Å²) in [4.78, 5) is 29.5. The number of hydrogen-bond donors (Lipinski definition) is 4. The fourth-order valence-electron chi connectivity index (χ4n) is 5.68. The highest BCUT2D eigenvalue weighted by molar-refractivity contribution is 6.01. The van der Waals surface area contributed by atoms with Crippen LogP contribution in [0.2, 0.25) is 0 Å². The minimum absolute atomic E-state index is 0.148. The number of carbonyl (C=O) groups excluding carboxylic acids is 2. The molecule has 2 aromatic rings. The molecule has 0 spiro atoms. The van der Waals surface area contributed by atoms with E-state index < -0.39 is 0 Å². The number of aliphatic hydroxyl groups is 2. The third kappa shape index (κ3) is 7.63. The summed E-state index contributed by atoms with van der Waals surface area (Å²) in [6.07, 6.45) is 3.36. The van der Waals surface area contributed by atoms with Gasteiger partial charge in [0.05, 0.1) is 63.9 Å². The molecule has 6 N–H and O–H groups in total. The van der Waals surface area contributed by atoms with Crippen LogP contribution in [0.1, 0.15) is 52.8 Å². The second-order valence-corrected chi connectivity index (χ2v) is 11.4. The van der Waals surface area contributed by atoms with Crippen molar-refractivity contribution >= 4 is 23.2 Å². The largest absolute Gasteiger partial charge is 0.493 e. The monoisotopic (exact) mass is 624 g/mol. The molecule has 0 aromatic heterocycles. The molecule has 2 amide bonds. The van der Waals surface area contributed by atoms with Crippen LogP contribution in [0.4, 0.5) is 11.4 Å². The number of nitrogens with zero attached hydrogens (tertiary/aromatic N) is 2. The molecule has 2 aromatic carbocycles. The maximum absolute atomic E-state index is 13.2. The smallest absolute Gasteiger partial charge is 0.256 e. The van der Waals surface area contributed by atoms with E-state index in [0.717, 1.165) is 30.4 Å². The van der Waals surface area contributed by atoms with Gasteiger partial charge in [0.25, 0.3) is 11.8 Å². The number of likely N-dealkylation sites (tertiary alicyclic amines) is 2. The number of hydrogen-bond acceptors (Lipinski definition) is 10. The van der Waals surface area contributed by atoms with Crippen molar-refractivity contribution in [3.8, 4) is 23.0 Å². The van der Waals surface area contributed by atoms with Crippen molar-refractivity contribution in [1.82, 2.24) is 9.80 Å². The molecular weight excluding hydrogens is 580 g/mol. The zero-order valence-corrected chi connectivity index (χ0v) is 26.0. The van der Waals surface area contributed by atoms with E-state index in [4.69, 9.17) is 30.4 Å². The number of benzene rings is 2. The first-order chi connectivity index (χ1) is 21.6. The highest BCUT2D eigenvalue weighted by atomic mass is 16.5. The van der Waals surface area contributed by atoms with Crippen LogP contribution < -0.4 is 30.4 Å². The zero-order chi connectivity index (χ0) is 32.7. The number of carbonyl (C=O) groups is 2. The van der Waals surface area contributed by atoms with Gasteiger partial charge in [-0.2, -0.15) is 0 Å². The van der Waals surface area contributed by atoms with E-state index >= 15 is 0 Å². The van der Waals surface area contributed by atoms with Crippen molar-refractivity contribution in [3.05, 3.63) is 59.7 Å². The Bertz CT molecular complexity index is 1320. The Hall–Kier alpha value is -4.42. The van der Waals surface area contributed by atoms with Crippen LogP contribution in [0.3, 0.4) is 0 Å². The van der Waals surface area contributed by atoms with Crippen molar-refractivity contribution in [2.75, 3.05) is 65.2 Å². The Balaban J connectivity index is 1.27. The summed E-state index contributed by atoms with van der Waals surface area (Å²) in [5, 5.41) is 19.3. The lowest BCUT2D eigenvalue weighted by Gasteiger charge is -2.24. The zero-order valence-electron chi connectivity index (χ0n) is 26.0. The lowest BCUT2D eigenvalue weighted by Crippen LogP contribution is -2.38. The number of nitrogens with two attached hydrogens (primary N) is 2. The van der Waals surface area contributed by atoms with Crippen LogP contribution in [0, 0.1) is 0 Å². The van der Waals surface area contributed by atoms with E-state index in [0.29, 0.717) is 62.1 Å². The van der Waals surface area contributed by atoms with Gasteiger partial charge in [0.1, 0.15) is 0 Å². The number of nitrogen functional groups attached to an aromatic ring is 2. The number of ether oxygens (including phenoxy) is 4. The second-order valence-electron chi connectivity index (χ2n) is 11.4. The Morgan fingerprint density at radius 2 is 1.13 bits per heavy atom. The van der Waals surface area contributed by atoms with Crippen molar-refractivity contribution in [1.29, 1.82) is 0 Å². The number of unbranched alkanes of at least 4 members (excludes halogenated alkanes) is 2. The molecule has 2 fully saturated rings. The van der Waals surface area contributed by atoms with Crippen LogP contribution in [0.15, 0.2) is 48.6 Å². The number of anilines is 2. The van der Waals surface area contributed by atoms with E-state index in [9.17, 15) is 19.8 Å². The number of rotatable bonds is 14. The van der Waals surface area contributed by atoms with Crippen LogP contribution >= 0.6 is 0 Å². The summed E-state index contributed by atoms with van der Waals surface area (Å²) in [5.74, 6) is 1.08. The molecule has 2 aliphatic heterocycles. The predicted molar refractivity (Wildman–Crippen MR) is 171 cm³/mol. The minimum atomic E-state index is -0.321. The fraction of sp³-hybridized carbons (Fsp3) is 0.455. The lowest BCUT2D eigenvalue weighted by molar-refractivity contribution is 0.0674. The van der Waals surface area contributed by atoms with Crippen molar-refractivity contribution < 1.29 is 38.7 Å². The molecule has 0 bridgehead atoms. The highest BCUT2D eigenvalue weighted by Crippen LogP contribution is 2.36. The van der Waals surface area contributed by atoms with E-state index in [1.165, 1.54) is 14.2 Å². The molecule has 0 unspecified atom stereocenters. The van der Waals surface area contributed by atoms with Gasteiger partial charge >= 0.3 is 0 Å². The van der Waals surface area contributed by atoms with Crippen molar-refractivity contribution in [3.63, 3.8) is 0 Å². The molecule has 4 rings (SSSR count). The average molecular weight is 625 g/mol. The van der Waals surface area contributed by atoms with Crippen molar-refractivity contribution in [2.24, 2.45) is 0 Å². The summed E-state index contributed by atoms with van der Waals surface area (Å²) in [6, 6.07) is 5.67. The van der Waals surface area contributed by atoms with Gasteiger partial charge in [-0.15, -0.1) is 0 Å². The molecule has 244 valence electrons. The van der Waals surface area contributed by atoms with E-state index in [2.05, 4.69) is 13.2 Å². The Labute approximate surface area is 263 Å². The molecular formula is C33H44N4O8. The first-order valence-corrected chi connectivity index (χ1v) is 15.0. The fourth-order valence-corrected chi connectivity index (χ4v) is 5.68. The van der Waals surface area contributed by atoms with Gasteiger partial charge in [0, 0.05) is 36.6 Å². The molecule has 12 heteroatoms.